The maximum Gasteiger partial charge on any atom is 0.310 e. The minimum atomic E-state index is -0.394. The first kappa shape index (κ1) is 11.8. The van der Waals surface area contributed by atoms with Crippen LogP contribution in [0, 0.1) is 15.5 Å². The van der Waals surface area contributed by atoms with E-state index in [0.29, 0.717) is 11.1 Å². The van der Waals surface area contributed by atoms with Crippen LogP contribution in [0.15, 0.2) is 18.5 Å². The summed E-state index contributed by atoms with van der Waals surface area (Å²) >= 11 is 0. The van der Waals surface area contributed by atoms with Crippen LogP contribution in [0.25, 0.3) is 0 Å². The molecule has 5 nitrogen and oxygen atoms in total. The smallest absolute Gasteiger partial charge is 0.310 e. The number of rotatable bonds is 5. The fourth-order valence-electron chi connectivity index (χ4n) is 2.30. The van der Waals surface area contributed by atoms with E-state index in [-0.39, 0.29) is 5.69 Å². The zero-order valence-corrected chi connectivity index (χ0v) is 9.98. The summed E-state index contributed by atoms with van der Waals surface area (Å²) in [7, 11) is 0. The highest BCUT2D eigenvalue weighted by atomic mass is 16.6. The lowest BCUT2D eigenvalue weighted by Crippen LogP contribution is -2.35. The monoisotopic (exact) mass is 235 g/mol. The molecule has 0 aliphatic heterocycles. The zero-order chi connectivity index (χ0) is 12.3. The Balaban J connectivity index is 2.06. The van der Waals surface area contributed by atoms with Gasteiger partial charge in [0.05, 0.1) is 4.92 Å². The van der Waals surface area contributed by atoms with E-state index in [9.17, 15) is 10.1 Å². The van der Waals surface area contributed by atoms with E-state index >= 15 is 0 Å². The van der Waals surface area contributed by atoms with Crippen LogP contribution >= 0.6 is 0 Å². The topological polar surface area (TPSA) is 68.1 Å². The van der Waals surface area contributed by atoms with Crippen molar-refractivity contribution >= 4 is 11.4 Å². The quantitative estimate of drug-likeness (QED) is 0.629. The van der Waals surface area contributed by atoms with E-state index in [4.69, 9.17) is 0 Å². The summed E-state index contributed by atoms with van der Waals surface area (Å²) in [4.78, 5) is 14.2. The lowest BCUT2D eigenvalue weighted by molar-refractivity contribution is -0.384. The Morgan fingerprint density at radius 2 is 2.35 bits per heavy atom. The molecule has 1 aliphatic rings. The molecule has 1 aromatic rings. The fraction of sp³-hybridized carbons (Fsp3) is 0.583. The lowest BCUT2D eigenvalue weighted by Gasteiger charge is -2.41. The van der Waals surface area contributed by atoms with Gasteiger partial charge < -0.3 is 5.32 Å². The number of anilines is 1. The van der Waals surface area contributed by atoms with Gasteiger partial charge in [0.2, 0.25) is 0 Å². The van der Waals surface area contributed by atoms with Crippen molar-refractivity contribution in [1.82, 2.24) is 4.98 Å². The Labute approximate surface area is 100 Å². The third-order valence-corrected chi connectivity index (χ3v) is 3.81. The van der Waals surface area contributed by atoms with Gasteiger partial charge in [0.1, 0.15) is 11.9 Å². The van der Waals surface area contributed by atoms with Crippen LogP contribution in [0.1, 0.15) is 32.6 Å². The molecule has 5 heteroatoms. The summed E-state index contributed by atoms with van der Waals surface area (Å²) in [5.41, 5.74) is 0.972. The summed E-state index contributed by atoms with van der Waals surface area (Å²) in [5, 5.41) is 14.0. The maximum atomic E-state index is 10.8. The van der Waals surface area contributed by atoms with Crippen molar-refractivity contribution in [2.24, 2.45) is 5.41 Å². The highest BCUT2D eigenvalue weighted by molar-refractivity contribution is 5.59. The number of hydrogen-bond donors (Lipinski definition) is 1. The SMILES string of the molecule is CCC1(CNc2ccncc2[N+](=O)[O-])CCC1. The van der Waals surface area contributed by atoms with Gasteiger partial charge in [0.25, 0.3) is 0 Å². The molecule has 0 aromatic carbocycles. The highest BCUT2D eigenvalue weighted by Crippen LogP contribution is 2.44. The van der Waals surface area contributed by atoms with E-state index in [0.717, 1.165) is 13.0 Å². The van der Waals surface area contributed by atoms with Gasteiger partial charge in [-0.15, -0.1) is 0 Å². The second kappa shape index (κ2) is 4.69. The number of hydrogen-bond acceptors (Lipinski definition) is 4. The third kappa shape index (κ3) is 2.38. The van der Waals surface area contributed by atoms with Crippen LogP contribution < -0.4 is 5.32 Å². The van der Waals surface area contributed by atoms with Crippen molar-refractivity contribution in [3.63, 3.8) is 0 Å². The van der Waals surface area contributed by atoms with E-state index in [1.165, 1.54) is 25.5 Å². The molecule has 1 saturated carbocycles. The number of aromatic nitrogens is 1. The first-order valence-corrected chi connectivity index (χ1v) is 5.99. The molecule has 1 aromatic heterocycles. The summed E-state index contributed by atoms with van der Waals surface area (Å²) in [6.07, 6.45) is 7.70. The van der Waals surface area contributed by atoms with Crippen LogP contribution in [0.2, 0.25) is 0 Å². The number of nitrogens with zero attached hydrogens (tertiary/aromatic N) is 2. The zero-order valence-electron chi connectivity index (χ0n) is 9.98. The van der Waals surface area contributed by atoms with Gasteiger partial charge in [-0.3, -0.25) is 15.1 Å². The number of nitrogens with one attached hydrogen (secondary N) is 1. The minimum Gasteiger partial charge on any atom is -0.379 e. The predicted octanol–water partition coefficient (Wildman–Crippen LogP) is 2.98. The largest absolute Gasteiger partial charge is 0.379 e. The predicted molar refractivity (Wildman–Crippen MR) is 66.0 cm³/mol. The second-order valence-electron chi connectivity index (χ2n) is 4.71. The average molecular weight is 235 g/mol. The van der Waals surface area contributed by atoms with E-state index < -0.39 is 4.92 Å². The van der Waals surface area contributed by atoms with Gasteiger partial charge in [0, 0.05) is 12.7 Å². The van der Waals surface area contributed by atoms with Crippen molar-refractivity contribution in [3.05, 3.63) is 28.6 Å². The van der Waals surface area contributed by atoms with Gasteiger partial charge in [-0.25, -0.2) is 0 Å². The molecule has 1 fully saturated rings. The molecule has 0 spiro atoms. The van der Waals surface area contributed by atoms with Crippen LogP contribution in [0.3, 0.4) is 0 Å². The summed E-state index contributed by atoms with van der Waals surface area (Å²) < 4.78 is 0. The molecule has 1 heterocycles. The van der Waals surface area contributed by atoms with Crippen molar-refractivity contribution in [3.8, 4) is 0 Å². The molecule has 0 bridgehead atoms. The molecule has 0 atom stereocenters. The molecule has 1 N–H and O–H groups in total. The molecule has 0 amide bonds. The molecule has 0 unspecified atom stereocenters. The number of nitro groups is 1. The fourth-order valence-corrected chi connectivity index (χ4v) is 2.30. The van der Waals surface area contributed by atoms with E-state index in [2.05, 4.69) is 17.2 Å². The molecule has 0 radical (unpaired) electrons. The number of pyridine rings is 1. The van der Waals surface area contributed by atoms with Crippen LogP contribution in [0.4, 0.5) is 11.4 Å². The Kier molecular flexibility index (Phi) is 3.26. The van der Waals surface area contributed by atoms with E-state index in [1.807, 2.05) is 0 Å². The van der Waals surface area contributed by atoms with Crippen molar-refractivity contribution in [1.29, 1.82) is 0 Å². The summed E-state index contributed by atoms with van der Waals surface area (Å²) in [5.74, 6) is 0. The second-order valence-corrected chi connectivity index (χ2v) is 4.71. The Morgan fingerprint density at radius 1 is 1.59 bits per heavy atom. The van der Waals surface area contributed by atoms with Gasteiger partial charge >= 0.3 is 5.69 Å². The highest BCUT2D eigenvalue weighted by Gasteiger charge is 2.35. The van der Waals surface area contributed by atoms with Crippen molar-refractivity contribution < 1.29 is 4.92 Å². The van der Waals surface area contributed by atoms with Gasteiger partial charge in [0.15, 0.2) is 0 Å². The standard InChI is InChI=1S/C12H17N3O2/c1-2-12(5-3-6-12)9-14-10-4-7-13-8-11(10)15(16)17/h4,7-8H,2-3,5-6,9H2,1H3,(H,13,14). The van der Waals surface area contributed by atoms with Gasteiger partial charge in [-0.1, -0.05) is 13.3 Å². The lowest BCUT2D eigenvalue weighted by atomic mass is 9.67. The van der Waals surface area contributed by atoms with Crippen LogP contribution in [0.5, 0.6) is 0 Å². The first-order chi connectivity index (χ1) is 8.17. The molecule has 1 aliphatic carbocycles. The molecule has 0 saturated heterocycles. The Bertz CT molecular complexity index is 410. The average Bonchev–Trinajstić information content (AvgIpc) is 2.28. The van der Waals surface area contributed by atoms with Gasteiger partial charge in [-0.05, 0) is 30.7 Å². The molecule has 92 valence electrons. The van der Waals surface area contributed by atoms with Gasteiger partial charge in [-0.2, -0.15) is 0 Å². The minimum absolute atomic E-state index is 0.0538. The molecule has 2 rings (SSSR count). The summed E-state index contributed by atoms with van der Waals surface area (Å²) in [6, 6.07) is 1.67. The Morgan fingerprint density at radius 3 is 2.88 bits per heavy atom. The Hall–Kier alpha value is -1.65. The molecular formula is C12H17N3O2. The van der Waals surface area contributed by atoms with Crippen LogP contribution in [-0.4, -0.2) is 16.5 Å². The van der Waals surface area contributed by atoms with Crippen LogP contribution in [-0.2, 0) is 0 Å². The van der Waals surface area contributed by atoms with E-state index in [1.54, 1.807) is 12.3 Å². The normalized spacial score (nSPS) is 17.2. The maximum absolute atomic E-state index is 10.8. The third-order valence-electron chi connectivity index (χ3n) is 3.81. The molecular weight excluding hydrogens is 218 g/mol. The summed E-state index contributed by atoms with van der Waals surface area (Å²) in [6.45, 7) is 3.00. The first-order valence-electron chi connectivity index (χ1n) is 5.99. The molecule has 17 heavy (non-hydrogen) atoms. The van der Waals surface area contributed by atoms with Crippen molar-refractivity contribution in [2.45, 2.75) is 32.6 Å². The van der Waals surface area contributed by atoms with Crippen molar-refractivity contribution in [2.75, 3.05) is 11.9 Å².